The SMILES string of the molecule is CS(=O)(=O)Nc1ccc(C(=O)NCc2ccc(F)cc2)cc1Cl. The maximum atomic E-state index is 12.8. The number of carbonyl (C=O) groups excluding carboxylic acids is 1. The molecule has 0 aromatic heterocycles. The van der Waals surface area contributed by atoms with Crippen molar-refractivity contribution in [2.24, 2.45) is 0 Å². The lowest BCUT2D eigenvalue weighted by Gasteiger charge is -2.09. The van der Waals surface area contributed by atoms with Crippen LogP contribution in [0.5, 0.6) is 0 Å². The van der Waals surface area contributed by atoms with Gasteiger partial charge in [-0.25, -0.2) is 12.8 Å². The Morgan fingerprint density at radius 2 is 1.83 bits per heavy atom. The van der Waals surface area contributed by atoms with Gasteiger partial charge in [-0.1, -0.05) is 23.7 Å². The molecule has 0 saturated heterocycles. The molecule has 2 rings (SSSR count). The van der Waals surface area contributed by atoms with E-state index < -0.39 is 10.0 Å². The van der Waals surface area contributed by atoms with Gasteiger partial charge < -0.3 is 5.32 Å². The first-order chi connectivity index (χ1) is 10.7. The highest BCUT2D eigenvalue weighted by Gasteiger charge is 2.11. The van der Waals surface area contributed by atoms with Crippen LogP contribution in [0.4, 0.5) is 10.1 Å². The van der Waals surface area contributed by atoms with E-state index >= 15 is 0 Å². The molecule has 0 heterocycles. The van der Waals surface area contributed by atoms with Crippen molar-refractivity contribution in [1.82, 2.24) is 5.32 Å². The molecule has 0 spiro atoms. The highest BCUT2D eigenvalue weighted by atomic mass is 35.5. The Morgan fingerprint density at radius 1 is 1.17 bits per heavy atom. The van der Waals surface area contributed by atoms with Crippen molar-refractivity contribution in [2.75, 3.05) is 11.0 Å². The summed E-state index contributed by atoms with van der Waals surface area (Å²) in [6.07, 6.45) is 1.01. The molecule has 0 fully saturated rings. The number of anilines is 1. The molecule has 0 bridgehead atoms. The van der Waals surface area contributed by atoms with Crippen LogP contribution in [-0.4, -0.2) is 20.6 Å². The van der Waals surface area contributed by atoms with E-state index in [1.165, 1.54) is 30.3 Å². The summed E-state index contributed by atoms with van der Waals surface area (Å²) >= 11 is 5.97. The summed E-state index contributed by atoms with van der Waals surface area (Å²) in [5, 5.41) is 2.79. The summed E-state index contributed by atoms with van der Waals surface area (Å²) in [6.45, 7) is 0.236. The fourth-order valence-corrected chi connectivity index (χ4v) is 2.69. The van der Waals surface area contributed by atoms with Gasteiger partial charge in [-0.15, -0.1) is 0 Å². The Balaban J connectivity index is 2.05. The van der Waals surface area contributed by atoms with E-state index in [2.05, 4.69) is 10.0 Å². The van der Waals surface area contributed by atoms with E-state index in [9.17, 15) is 17.6 Å². The minimum Gasteiger partial charge on any atom is -0.348 e. The number of halogens is 2. The highest BCUT2D eigenvalue weighted by molar-refractivity contribution is 7.92. The monoisotopic (exact) mass is 356 g/mol. The number of rotatable bonds is 5. The van der Waals surface area contributed by atoms with Gasteiger partial charge in [0.25, 0.3) is 5.91 Å². The minimum absolute atomic E-state index is 0.116. The van der Waals surface area contributed by atoms with Crippen LogP contribution in [0.25, 0.3) is 0 Å². The van der Waals surface area contributed by atoms with Crippen molar-refractivity contribution in [3.05, 3.63) is 64.4 Å². The lowest BCUT2D eigenvalue weighted by Crippen LogP contribution is -2.22. The van der Waals surface area contributed by atoms with E-state index in [1.54, 1.807) is 12.1 Å². The lowest BCUT2D eigenvalue weighted by atomic mass is 10.1. The Labute approximate surface area is 138 Å². The summed E-state index contributed by atoms with van der Waals surface area (Å²) in [5.41, 5.74) is 1.24. The van der Waals surface area contributed by atoms with Crippen LogP contribution in [-0.2, 0) is 16.6 Å². The first-order valence-electron chi connectivity index (χ1n) is 6.54. The van der Waals surface area contributed by atoms with Crippen LogP contribution >= 0.6 is 11.6 Å². The maximum absolute atomic E-state index is 12.8. The van der Waals surface area contributed by atoms with Crippen molar-refractivity contribution in [1.29, 1.82) is 0 Å². The minimum atomic E-state index is -3.45. The van der Waals surface area contributed by atoms with Crippen molar-refractivity contribution in [2.45, 2.75) is 6.54 Å². The van der Waals surface area contributed by atoms with E-state index in [1.807, 2.05) is 0 Å². The molecule has 0 atom stereocenters. The number of hydrogen-bond acceptors (Lipinski definition) is 3. The average molecular weight is 357 g/mol. The molecule has 2 aromatic rings. The largest absolute Gasteiger partial charge is 0.348 e. The fourth-order valence-electron chi connectivity index (χ4n) is 1.83. The second kappa shape index (κ2) is 6.97. The van der Waals surface area contributed by atoms with E-state index in [-0.39, 0.29) is 34.5 Å². The second-order valence-electron chi connectivity index (χ2n) is 4.88. The average Bonchev–Trinajstić information content (AvgIpc) is 2.47. The van der Waals surface area contributed by atoms with Gasteiger partial charge >= 0.3 is 0 Å². The summed E-state index contributed by atoms with van der Waals surface area (Å²) in [6, 6.07) is 10.0. The van der Waals surface area contributed by atoms with E-state index in [0.29, 0.717) is 0 Å². The first kappa shape index (κ1) is 17.2. The fraction of sp³-hybridized carbons (Fsp3) is 0.133. The number of nitrogens with one attached hydrogen (secondary N) is 2. The molecular weight excluding hydrogens is 343 g/mol. The molecule has 0 saturated carbocycles. The Hall–Kier alpha value is -2.12. The Morgan fingerprint density at radius 3 is 2.39 bits per heavy atom. The van der Waals surface area contributed by atoms with Crippen molar-refractivity contribution in [3.63, 3.8) is 0 Å². The third kappa shape index (κ3) is 5.22. The molecule has 8 heteroatoms. The standard InChI is InChI=1S/C15H14ClFN2O3S/c1-23(21,22)19-14-7-4-11(8-13(14)16)15(20)18-9-10-2-5-12(17)6-3-10/h2-8,19H,9H2,1H3,(H,18,20). The van der Waals surface area contributed by atoms with Gasteiger partial charge in [-0.3, -0.25) is 9.52 Å². The first-order valence-corrected chi connectivity index (χ1v) is 8.81. The molecule has 1 amide bonds. The van der Waals surface area contributed by atoms with Crippen LogP contribution in [0, 0.1) is 5.82 Å². The second-order valence-corrected chi connectivity index (χ2v) is 7.03. The number of benzene rings is 2. The van der Waals surface area contributed by atoms with Crippen molar-refractivity contribution in [3.8, 4) is 0 Å². The smallest absolute Gasteiger partial charge is 0.251 e. The molecule has 0 radical (unpaired) electrons. The molecule has 2 aromatic carbocycles. The van der Waals surface area contributed by atoms with E-state index in [0.717, 1.165) is 11.8 Å². The normalized spacial score (nSPS) is 11.1. The molecule has 2 N–H and O–H groups in total. The van der Waals surface area contributed by atoms with Crippen LogP contribution in [0.1, 0.15) is 15.9 Å². The van der Waals surface area contributed by atoms with Gasteiger partial charge in [0.05, 0.1) is 17.0 Å². The molecule has 122 valence electrons. The van der Waals surface area contributed by atoms with E-state index in [4.69, 9.17) is 11.6 Å². The van der Waals surface area contributed by atoms with Gasteiger partial charge in [-0.05, 0) is 35.9 Å². The van der Waals surface area contributed by atoms with Gasteiger partial charge in [-0.2, -0.15) is 0 Å². The zero-order chi connectivity index (χ0) is 17.0. The third-order valence-corrected chi connectivity index (χ3v) is 3.80. The predicted octanol–water partition coefficient (Wildman–Crippen LogP) is 2.78. The number of sulfonamides is 1. The molecular formula is C15H14ClFN2O3S. The number of carbonyl (C=O) groups is 1. The predicted molar refractivity (Wildman–Crippen MR) is 87.5 cm³/mol. The summed E-state index contributed by atoms with van der Waals surface area (Å²) in [5.74, 6) is -0.719. The molecule has 23 heavy (non-hydrogen) atoms. The zero-order valence-corrected chi connectivity index (χ0v) is 13.7. The van der Waals surface area contributed by atoms with Crippen molar-refractivity contribution >= 4 is 33.2 Å². The van der Waals surface area contributed by atoms with Gasteiger partial charge in [0.2, 0.25) is 10.0 Å². The van der Waals surface area contributed by atoms with Gasteiger partial charge in [0, 0.05) is 12.1 Å². The molecule has 5 nitrogen and oxygen atoms in total. The molecule has 0 aliphatic heterocycles. The topological polar surface area (TPSA) is 75.3 Å². The highest BCUT2D eigenvalue weighted by Crippen LogP contribution is 2.23. The van der Waals surface area contributed by atoms with Crippen LogP contribution in [0.3, 0.4) is 0 Å². The van der Waals surface area contributed by atoms with Crippen LogP contribution in [0.2, 0.25) is 5.02 Å². The lowest BCUT2D eigenvalue weighted by molar-refractivity contribution is 0.0951. The maximum Gasteiger partial charge on any atom is 0.251 e. The Bertz CT molecular complexity index is 823. The third-order valence-electron chi connectivity index (χ3n) is 2.89. The van der Waals surface area contributed by atoms with Crippen LogP contribution in [0.15, 0.2) is 42.5 Å². The zero-order valence-electron chi connectivity index (χ0n) is 12.1. The number of hydrogen-bond donors (Lipinski definition) is 2. The van der Waals surface area contributed by atoms with Gasteiger partial charge in [0.15, 0.2) is 0 Å². The van der Waals surface area contributed by atoms with Crippen molar-refractivity contribution < 1.29 is 17.6 Å². The molecule has 0 aliphatic carbocycles. The summed E-state index contributed by atoms with van der Waals surface area (Å²) in [4.78, 5) is 12.1. The summed E-state index contributed by atoms with van der Waals surface area (Å²) < 4.78 is 37.4. The Kier molecular flexibility index (Phi) is 5.23. The molecule has 0 unspecified atom stereocenters. The summed E-state index contributed by atoms with van der Waals surface area (Å²) in [7, 11) is -3.45. The van der Waals surface area contributed by atoms with Crippen LogP contribution < -0.4 is 10.0 Å². The molecule has 0 aliphatic rings. The number of amides is 1. The van der Waals surface area contributed by atoms with Gasteiger partial charge in [0.1, 0.15) is 5.82 Å². The quantitative estimate of drug-likeness (QED) is 0.865.